The first-order valence-corrected chi connectivity index (χ1v) is 8.88. The smallest absolute Gasteiger partial charge is 0.178 e. The molecule has 0 amide bonds. The molecule has 0 spiro atoms. The fraction of sp³-hybridized carbons (Fsp3) is 0.529. The fourth-order valence-corrected chi connectivity index (χ4v) is 4.01. The van der Waals surface area contributed by atoms with Crippen LogP contribution >= 0.6 is 11.8 Å². The van der Waals surface area contributed by atoms with Crippen LogP contribution in [0, 0.1) is 0 Å². The lowest BCUT2D eigenvalue weighted by atomic mass is 9.96. The van der Waals surface area contributed by atoms with Crippen LogP contribution in [-0.2, 0) is 0 Å². The summed E-state index contributed by atoms with van der Waals surface area (Å²) in [6.07, 6.45) is 7.55. The number of hydrogen-bond donors (Lipinski definition) is 1. The van der Waals surface area contributed by atoms with E-state index in [2.05, 4.69) is 41.7 Å². The van der Waals surface area contributed by atoms with E-state index in [9.17, 15) is 0 Å². The number of benzene rings is 1. The maximum atomic E-state index is 4.88. The Morgan fingerprint density at radius 2 is 1.95 bits per heavy atom. The minimum absolute atomic E-state index is 0.399. The highest BCUT2D eigenvalue weighted by Gasteiger charge is 2.24. The Bertz CT molecular complexity index is 518. The summed E-state index contributed by atoms with van der Waals surface area (Å²) in [6.45, 7) is 2.22. The van der Waals surface area contributed by atoms with Crippen LogP contribution in [0.3, 0.4) is 0 Å². The topological polar surface area (TPSA) is 36.8 Å². The first-order chi connectivity index (χ1) is 10.4. The van der Waals surface area contributed by atoms with Crippen LogP contribution in [0.5, 0.6) is 0 Å². The van der Waals surface area contributed by atoms with E-state index in [0.717, 1.165) is 17.3 Å². The van der Waals surface area contributed by atoms with E-state index >= 15 is 0 Å². The molecule has 1 saturated carbocycles. The van der Waals surface area contributed by atoms with Crippen molar-refractivity contribution in [3.8, 4) is 0 Å². The molecule has 21 heavy (non-hydrogen) atoms. The third-order valence-corrected chi connectivity index (χ3v) is 5.41. The third-order valence-electron chi connectivity index (χ3n) is 4.15. The van der Waals surface area contributed by atoms with Gasteiger partial charge in [0.05, 0.1) is 17.0 Å². The Morgan fingerprint density at radius 1 is 1.19 bits per heavy atom. The Balaban J connectivity index is 1.75. The van der Waals surface area contributed by atoms with Gasteiger partial charge in [0, 0.05) is 0 Å². The van der Waals surface area contributed by atoms with Gasteiger partial charge in [-0.2, -0.15) is 5.10 Å². The molecule has 1 fully saturated rings. The first kappa shape index (κ1) is 14.6. The average Bonchev–Trinajstić information content (AvgIpc) is 2.56. The van der Waals surface area contributed by atoms with Crippen LogP contribution < -0.4 is 5.43 Å². The summed E-state index contributed by atoms with van der Waals surface area (Å²) in [5, 5.41) is 6.02. The van der Waals surface area contributed by atoms with Gasteiger partial charge in [-0.1, -0.05) is 68.3 Å². The molecule has 1 heterocycles. The summed E-state index contributed by atoms with van der Waals surface area (Å²) in [7, 11) is 0. The van der Waals surface area contributed by atoms with E-state index in [-0.39, 0.29) is 0 Å². The molecule has 1 atom stereocenters. The monoisotopic (exact) mass is 301 g/mol. The minimum Gasteiger partial charge on any atom is -0.258 e. The van der Waals surface area contributed by atoms with Crippen LogP contribution in [0.15, 0.2) is 40.4 Å². The number of thioether (sulfide) groups is 1. The van der Waals surface area contributed by atoms with Gasteiger partial charge in [-0.05, 0) is 24.8 Å². The maximum Gasteiger partial charge on any atom is 0.178 e. The van der Waals surface area contributed by atoms with Gasteiger partial charge in [0.1, 0.15) is 0 Å². The number of nitrogens with one attached hydrogen (secondary N) is 1. The van der Waals surface area contributed by atoms with Crippen molar-refractivity contribution in [2.45, 2.75) is 56.7 Å². The standard InChI is InChI=1S/C17H23N3S/c1-2-15-16(13-9-5-3-6-10-13)19-20-17(21-15)18-14-11-7-4-8-12-14/h3,5-6,9-10,14-15H,2,4,7-8,11-12H2,1H3,(H,18,20). The van der Waals surface area contributed by atoms with Crippen molar-refractivity contribution >= 4 is 22.6 Å². The third kappa shape index (κ3) is 3.67. The average molecular weight is 301 g/mol. The number of hydrogen-bond acceptors (Lipinski definition) is 3. The molecule has 1 aliphatic carbocycles. The molecule has 3 rings (SSSR count). The molecular formula is C17H23N3S. The molecule has 0 saturated heterocycles. The number of rotatable bonds is 3. The molecule has 0 bridgehead atoms. The van der Waals surface area contributed by atoms with Crippen molar-refractivity contribution in [1.29, 1.82) is 0 Å². The van der Waals surface area contributed by atoms with Gasteiger partial charge in [0.15, 0.2) is 5.17 Å². The number of aliphatic imine (C=N–C) groups is 1. The van der Waals surface area contributed by atoms with E-state index in [1.807, 2.05) is 17.8 Å². The highest BCUT2D eigenvalue weighted by Crippen LogP contribution is 2.27. The molecule has 0 radical (unpaired) electrons. The fourth-order valence-electron chi connectivity index (χ4n) is 2.97. The van der Waals surface area contributed by atoms with Crippen LogP contribution in [-0.4, -0.2) is 22.2 Å². The van der Waals surface area contributed by atoms with Crippen molar-refractivity contribution in [2.75, 3.05) is 0 Å². The molecule has 1 N–H and O–H groups in total. The zero-order valence-corrected chi connectivity index (χ0v) is 13.4. The maximum absolute atomic E-state index is 4.88. The zero-order valence-electron chi connectivity index (χ0n) is 12.6. The van der Waals surface area contributed by atoms with Gasteiger partial charge < -0.3 is 0 Å². The molecule has 1 aromatic rings. The highest BCUT2D eigenvalue weighted by molar-refractivity contribution is 8.15. The molecule has 2 aliphatic rings. The van der Waals surface area contributed by atoms with E-state index in [1.54, 1.807) is 0 Å². The highest BCUT2D eigenvalue weighted by atomic mass is 32.2. The number of hydrazone groups is 1. The summed E-state index contributed by atoms with van der Waals surface area (Å²) in [6, 6.07) is 11.0. The van der Waals surface area contributed by atoms with Gasteiger partial charge in [-0.3, -0.25) is 10.4 Å². The molecule has 4 heteroatoms. The van der Waals surface area contributed by atoms with E-state index in [0.29, 0.717) is 11.3 Å². The van der Waals surface area contributed by atoms with Crippen LogP contribution in [0.2, 0.25) is 0 Å². The quantitative estimate of drug-likeness (QED) is 0.908. The number of nitrogens with zero attached hydrogens (tertiary/aromatic N) is 2. The summed E-state index contributed by atoms with van der Waals surface area (Å²) in [4.78, 5) is 4.88. The van der Waals surface area contributed by atoms with Gasteiger partial charge in [-0.15, -0.1) is 0 Å². The second-order valence-electron chi connectivity index (χ2n) is 5.72. The van der Waals surface area contributed by atoms with Crippen molar-refractivity contribution < 1.29 is 0 Å². The molecule has 3 nitrogen and oxygen atoms in total. The van der Waals surface area contributed by atoms with Gasteiger partial charge in [-0.25, -0.2) is 0 Å². The first-order valence-electron chi connectivity index (χ1n) is 8.00. The molecule has 1 aliphatic heterocycles. The van der Waals surface area contributed by atoms with E-state index in [4.69, 9.17) is 4.99 Å². The van der Waals surface area contributed by atoms with Crippen LogP contribution in [0.4, 0.5) is 0 Å². The summed E-state index contributed by atoms with van der Waals surface area (Å²) < 4.78 is 0. The van der Waals surface area contributed by atoms with E-state index < -0.39 is 0 Å². The molecule has 1 aromatic carbocycles. The molecule has 112 valence electrons. The Morgan fingerprint density at radius 3 is 2.67 bits per heavy atom. The van der Waals surface area contributed by atoms with Crippen molar-refractivity contribution in [1.82, 2.24) is 5.43 Å². The summed E-state index contributed by atoms with van der Waals surface area (Å²) in [5.41, 5.74) is 5.53. The summed E-state index contributed by atoms with van der Waals surface area (Å²) in [5.74, 6) is 0. The van der Waals surface area contributed by atoms with Gasteiger partial charge >= 0.3 is 0 Å². The molecular weight excluding hydrogens is 278 g/mol. The minimum atomic E-state index is 0.399. The molecule has 0 aromatic heterocycles. The van der Waals surface area contributed by atoms with Crippen molar-refractivity contribution in [2.24, 2.45) is 10.1 Å². The Kier molecular flexibility index (Phi) is 4.96. The summed E-state index contributed by atoms with van der Waals surface area (Å²) >= 11 is 1.84. The Hall–Kier alpha value is -1.29. The lowest BCUT2D eigenvalue weighted by Gasteiger charge is -2.25. The van der Waals surface area contributed by atoms with Gasteiger partial charge in [0.25, 0.3) is 0 Å². The Labute approximate surface area is 131 Å². The predicted octanol–water partition coefficient (Wildman–Crippen LogP) is 4.19. The van der Waals surface area contributed by atoms with Crippen molar-refractivity contribution in [3.05, 3.63) is 35.9 Å². The number of amidine groups is 1. The SMILES string of the molecule is CCC1SC(=NC2CCCCC2)NN=C1c1ccccc1. The van der Waals surface area contributed by atoms with E-state index in [1.165, 1.54) is 37.7 Å². The predicted molar refractivity (Wildman–Crippen MR) is 92.1 cm³/mol. The van der Waals surface area contributed by atoms with Crippen LogP contribution in [0.25, 0.3) is 0 Å². The second kappa shape index (κ2) is 7.12. The van der Waals surface area contributed by atoms with Crippen LogP contribution in [0.1, 0.15) is 51.0 Å². The lowest BCUT2D eigenvalue weighted by Crippen LogP contribution is -2.33. The zero-order chi connectivity index (χ0) is 14.5. The second-order valence-corrected chi connectivity index (χ2v) is 6.91. The lowest BCUT2D eigenvalue weighted by molar-refractivity contribution is 0.443. The largest absolute Gasteiger partial charge is 0.258 e. The van der Waals surface area contributed by atoms with Gasteiger partial charge in [0.2, 0.25) is 0 Å². The van der Waals surface area contributed by atoms with Crippen molar-refractivity contribution in [3.63, 3.8) is 0 Å². The normalized spacial score (nSPS) is 25.5. The molecule has 1 unspecified atom stereocenters.